The molecule has 0 N–H and O–H groups in total. The number of piperazine rings is 1. The molecule has 0 spiro atoms. The van der Waals surface area contributed by atoms with E-state index in [4.69, 9.17) is 9.47 Å². The van der Waals surface area contributed by atoms with Crippen LogP contribution in [0.3, 0.4) is 0 Å². The van der Waals surface area contributed by atoms with Gasteiger partial charge in [-0.1, -0.05) is 19.9 Å². The van der Waals surface area contributed by atoms with Crippen LogP contribution in [0, 0.1) is 6.92 Å². The van der Waals surface area contributed by atoms with Gasteiger partial charge in [0.15, 0.2) is 0 Å². The fraction of sp³-hybridized carbons (Fsp3) is 0.500. The summed E-state index contributed by atoms with van der Waals surface area (Å²) in [5.41, 5.74) is 2.23. The first-order valence-electron chi connectivity index (χ1n) is 11.6. The van der Waals surface area contributed by atoms with E-state index >= 15 is 0 Å². The predicted molar refractivity (Wildman–Crippen MR) is 133 cm³/mol. The van der Waals surface area contributed by atoms with E-state index in [2.05, 4.69) is 0 Å². The number of hydrogen-bond donors (Lipinski definition) is 0. The Morgan fingerprint density at radius 3 is 2.06 bits per heavy atom. The maximum Gasteiger partial charge on any atom is 0.410 e. The zero-order chi connectivity index (χ0) is 25.6. The minimum Gasteiger partial charge on any atom is -0.496 e. The van der Waals surface area contributed by atoms with E-state index in [1.54, 1.807) is 40.6 Å². The summed E-state index contributed by atoms with van der Waals surface area (Å²) < 4.78 is 12.5. The second-order valence-corrected chi connectivity index (χ2v) is 9.00. The molecule has 1 saturated heterocycles. The van der Waals surface area contributed by atoms with Gasteiger partial charge >= 0.3 is 6.09 Å². The molecule has 0 unspecified atom stereocenters. The molecule has 1 aromatic heterocycles. The number of aromatic nitrogens is 1. The number of amides is 2. The largest absolute Gasteiger partial charge is 0.496 e. The van der Waals surface area contributed by atoms with E-state index in [0.29, 0.717) is 43.1 Å². The second-order valence-electron chi connectivity index (χ2n) is 9.00. The van der Waals surface area contributed by atoms with Gasteiger partial charge in [0.25, 0.3) is 11.5 Å². The number of ether oxygens (including phenoxy) is 2. The first-order chi connectivity index (χ1) is 16.0. The van der Waals surface area contributed by atoms with Gasteiger partial charge in [-0.3, -0.25) is 9.59 Å². The molecule has 2 aromatic rings. The zero-order valence-electron chi connectivity index (χ0n) is 21.6. The van der Waals surface area contributed by atoms with Crippen LogP contribution >= 0.6 is 0 Å². The second kappa shape index (κ2) is 11.2. The number of hydrogen-bond acceptors (Lipinski definition) is 5. The Morgan fingerprint density at radius 1 is 0.941 bits per heavy atom. The number of benzene rings is 1. The molecule has 34 heavy (non-hydrogen) atoms. The van der Waals surface area contributed by atoms with Crippen molar-refractivity contribution in [3.8, 4) is 16.9 Å². The molecule has 1 aliphatic rings. The van der Waals surface area contributed by atoms with Gasteiger partial charge in [0.05, 0.1) is 12.7 Å². The van der Waals surface area contributed by atoms with Gasteiger partial charge < -0.3 is 23.8 Å². The normalized spacial score (nSPS) is 13.6. The molecule has 1 aliphatic heterocycles. The Kier molecular flexibility index (Phi) is 8.90. The smallest absolute Gasteiger partial charge is 0.410 e. The lowest BCUT2D eigenvalue weighted by molar-refractivity contribution is 0.0140. The summed E-state index contributed by atoms with van der Waals surface area (Å²) in [6, 6.07) is 7.24. The highest BCUT2D eigenvalue weighted by Gasteiger charge is 2.29. The first-order valence-corrected chi connectivity index (χ1v) is 11.6. The van der Waals surface area contributed by atoms with Crippen LogP contribution in [-0.2, 0) is 11.8 Å². The molecule has 1 aromatic carbocycles. The average Bonchev–Trinajstić information content (AvgIpc) is 2.81. The molecule has 186 valence electrons. The monoisotopic (exact) mass is 471 g/mol. The Bertz CT molecular complexity index is 1050. The van der Waals surface area contributed by atoms with Crippen molar-refractivity contribution in [2.24, 2.45) is 7.05 Å². The van der Waals surface area contributed by atoms with Gasteiger partial charge in [-0.05, 0) is 57.0 Å². The summed E-state index contributed by atoms with van der Waals surface area (Å²) in [7, 11) is 3.24. The predicted octanol–water partition coefficient (Wildman–Crippen LogP) is 4.09. The summed E-state index contributed by atoms with van der Waals surface area (Å²) >= 11 is 0. The van der Waals surface area contributed by atoms with E-state index in [1.165, 1.54) is 7.11 Å². The summed E-state index contributed by atoms with van der Waals surface area (Å²) in [4.78, 5) is 40.7. The lowest BCUT2D eigenvalue weighted by Gasteiger charge is -2.35. The quantitative estimate of drug-likeness (QED) is 0.674. The van der Waals surface area contributed by atoms with Crippen LogP contribution in [-0.4, -0.2) is 65.3 Å². The highest BCUT2D eigenvalue weighted by Crippen LogP contribution is 2.28. The molecule has 8 nitrogen and oxygen atoms in total. The fourth-order valence-corrected chi connectivity index (χ4v) is 3.67. The molecule has 0 radical (unpaired) electrons. The van der Waals surface area contributed by atoms with Gasteiger partial charge in [0.1, 0.15) is 11.4 Å². The molecule has 2 amide bonds. The van der Waals surface area contributed by atoms with Crippen molar-refractivity contribution < 1.29 is 19.1 Å². The Hall–Kier alpha value is -3.29. The van der Waals surface area contributed by atoms with Crippen molar-refractivity contribution in [1.29, 1.82) is 0 Å². The molecule has 1 fully saturated rings. The van der Waals surface area contributed by atoms with Gasteiger partial charge in [-0.15, -0.1) is 0 Å². The molecule has 3 rings (SSSR count). The fourth-order valence-electron chi connectivity index (χ4n) is 3.67. The van der Waals surface area contributed by atoms with Gasteiger partial charge in [0, 0.05) is 45.0 Å². The van der Waals surface area contributed by atoms with Crippen molar-refractivity contribution in [2.75, 3.05) is 33.3 Å². The lowest BCUT2D eigenvalue weighted by Crippen LogP contribution is -2.51. The van der Waals surface area contributed by atoms with Crippen molar-refractivity contribution in [3.63, 3.8) is 0 Å². The first kappa shape index (κ1) is 27.0. The summed E-state index contributed by atoms with van der Waals surface area (Å²) in [5.74, 6) is 0.322. The lowest BCUT2D eigenvalue weighted by atomic mass is 10.0. The molecule has 0 aliphatic carbocycles. The van der Waals surface area contributed by atoms with Crippen LogP contribution < -0.4 is 10.3 Å². The number of rotatable bonds is 3. The number of pyridine rings is 1. The van der Waals surface area contributed by atoms with E-state index < -0.39 is 5.60 Å². The number of carbonyl (C=O) groups is 2. The third kappa shape index (κ3) is 6.40. The third-order valence-electron chi connectivity index (χ3n) is 5.35. The van der Waals surface area contributed by atoms with Crippen LogP contribution in [0.5, 0.6) is 5.75 Å². The van der Waals surface area contributed by atoms with Crippen LogP contribution in [0.2, 0.25) is 0 Å². The van der Waals surface area contributed by atoms with Gasteiger partial charge in [-0.25, -0.2) is 4.79 Å². The number of methoxy groups -OCH3 is 1. The third-order valence-corrected chi connectivity index (χ3v) is 5.35. The maximum absolute atomic E-state index is 13.2. The number of carbonyl (C=O) groups excluding carboxylic acids is 2. The van der Waals surface area contributed by atoms with Crippen molar-refractivity contribution >= 4 is 12.0 Å². The van der Waals surface area contributed by atoms with Crippen molar-refractivity contribution in [2.45, 2.75) is 47.1 Å². The molecule has 0 atom stereocenters. The molecular formula is C26H37N3O5. The highest BCUT2D eigenvalue weighted by atomic mass is 16.6. The van der Waals surface area contributed by atoms with Crippen molar-refractivity contribution in [1.82, 2.24) is 14.4 Å². The van der Waals surface area contributed by atoms with Crippen molar-refractivity contribution in [3.05, 3.63) is 51.9 Å². The minimum atomic E-state index is -0.553. The van der Waals surface area contributed by atoms with Gasteiger partial charge in [0.2, 0.25) is 0 Å². The Balaban J connectivity index is 0.00000199. The summed E-state index contributed by atoms with van der Waals surface area (Å²) in [6.45, 7) is 12.9. The van der Waals surface area contributed by atoms with Crippen LogP contribution in [0.25, 0.3) is 11.1 Å². The average molecular weight is 472 g/mol. The molecule has 2 heterocycles. The maximum atomic E-state index is 13.2. The van der Waals surface area contributed by atoms with E-state index in [0.717, 1.165) is 11.1 Å². The topological polar surface area (TPSA) is 81.1 Å². The van der Waals surface area contributed by atoms with E-state index in [1.807, 2.05) is 52.8 Å². The minimum absolute atomic E-state index is 0.0435. The van der Waals surface area contributed by atoms with Crippen LogP contribution in [0.4, 0.5) is 4.79 Å². The van der Waals surface area contributed by atoms with E-state index in [-0.39, 0.29) is 17.6 Å². The van der Waals surface area contributed by atoms with Gasteiger partial charge in [-0.2, -0.15) is 0 Å². The zero-order valence-corrected chi connectivity index (χ0v) is 21.6. The Labute approximate surface area is 202 Å². The Morgan fingerprint density at radius 2 is 1.53 bits per heavy atom. The SMILES string of the molecule is CC.COc1cc(-c2cc(C)c(=O)n(C)c2)ccc1C(=O)N1CCN(C(=O)OC(C)(C)C)CC1. The summed E-state index contributed by atoms with van der Waals surface area (Å²) in [6.07, 6.45) is 1.40. The molecule has 0 bridgehead atoms. The summed E-state index contributed by atoms with van der Waals surface area (Å²) in [5, 5.41) is 0. The number of nitrogens with zero attached hydrogens (tertiary/aromatic N) is 3. The molecular weight excluding hydrogens is 434 g/mol. The van der Waals surface area contributed by atoms with Crippen LogP contribution in [0.15, 0.2) is 35.3 Å². The molecule has 8 heteroatoms. The standard InChI is InChI=1S/C24H31N3O5.C2H6/c1-16-13-18(15-25(5)21(16)28)17-7-8-19(20(14-17)31-6)22(29)26-9-11-27(12-10-26)23(30)32-24(2,3)4;1-2/h7-8,13-15H,9-12H2,1-6H3;1-2H3. The number of aryl methyl sites for hydroxylation is 2. The molecule has 0 saturated carbocycles. The highest BCUT2D eigenvalue weighted by molar-refractivity contribution is 5.97. The van der Waals surface area contributed by atoms with E-state index in [9.17, 15) is 14.4 Å². The van der Waals surface area contributed by atoms with Crippen LogP contribution in [0.1, 0.15) is 50.5 Å².